The zero-order valence-corrected chi connectivity index (χ0v) is 12.7. The molecule has 0 saturated heterocycles. The van der Waals surface area contributed by atoms with Crippen LogP contribution in [0.25, 0.3) is 11.1 Å². The van der Waals surface area contributed by atoms with Crippen molar-refractivity contribution in [2.24, 2.45) is 16.1 Å². The molecule has 121 valence electrons. The van der Waals surface area contributed by atoms with Gasteiger partial charge in [-0.25, -0.2) is 4.39 Å². The quantitative estimate of drug-likeness (QED) is 0.942. The number of amidine groups is 1. The first-order valence-electron chi connectivity index (χ1n) is 7.73. The SMILES string of the molecule is O=C(NC1=NN=C(C2CC2)[CH]1)c1cc(-c2ccc(F)cc2)ccn1.[HH]. The van der Waals surface area contributed by atoms with Crippen LogP contribution in [-0.4, -0.2) is 22.4 Å². The number of pyridine rings is 1. The molecular formula is C18H16FN4O. The molecule has 0 unspecified atom stereocenters. The molecule has 1 radical (unpaired) electrons. The van der Waals surface area contributed by atoms with Crippen LogP contribution in [0.1, 0.15) is 24.8 Å². The third kappa shape index (κ3) is 3.08. The molecule has 1 aliphatic carbocycles. The minimum absolute atomic E-state index is 0. The van der Waals surface area contributed by atoms with E-state index in [-0.39, 0.29) is 18.8 Å². The normalized spacial score (nSPS) is 16.5. The van der Waals surface area contributed by atoms with Crippen LogP contribution in [0.5, 0.6) is 0 Å². The van der Waals surface area contributed by atoms with Gasteiger partial charge in [-0.15, -0.1) is 5.10 Å². The van der Waals surface area contributed by atoms with Gasteiger partial charge in [-0.3, -0.25) is 9.78 Å². The van der Waals surface area contributed by atoms with Crippen molar-refractivity contribution >= 4 is 17.5 Å². The van der Waals surface area contributed by atoms with E-state index in [1.54, 1.807) is 36.9 Å². The van der Waals surface area contributed by atoms with Gasteiger partial charge in [-0.1, -0.05) is 12.1 Å². The summed E-state index contributed by atoms with van der Waals surface area (Å²) < 4.78 is 13.0. The maximum Gasteiger partial charge on any atom is 0.275 e. The second-order valence-electron chi connectivity index (χ2n) is 5.82. The first-order chi connectivity index (χ1) is 11.7. The summed E-state index contributed by atoms with van der Waals surface area (Å²) in [7, 11) is 0. The molecule has 1 aromatic carbocycles. The van der Waals surface area contributed by atoms with Crippen LogP contribution >= 0.6 is 0 Å². The summed E-state index contributed by atoms with van der Waals surface area (Å²) >= 11 is 0. The number of benzene rings is 1. The Hall–Kier alpha value is -2.89. The van der Waals surface area contributed by atoms with Gasteiger partial charge in [-0.05, 0) is 54.2 Å². The van der Waals surface area contributed by atoms with Crippen molar-refractivity contribution in [2.45, 2.75) is 12.8 Å². The van der Waals surface area contributed by atoms with Crippen LogP contribution in [0.2, 0.25) is 0 Å². The van der Waals surface area contributed by atoms with E-state index in [1.165, 1.54) is 12.1 Å². The van der Waals surface area contributed by atoms with Crippen molar-refractivity contribution < 1.29 is 10.6 Å². The molecule has 1 amide bonds. The number of rotatable bonds is 3. The third-order valence-corrected chi connectivity index (χ3v) is 3.97. The number of hydrogen-bond donors (Lipinski definition) is 1. The highest BCUT2D eigenvalue weighted by molar-refractivity contribution is 6.22. The van der Waals surface area contributed by atoms with Crippen LogP contribution in [0, 0.1) is 18.2 Å². The fourth-order valence-corrected chi connectivity index (χ4v) is 2.51. The van der Waals surface area contributed by atoms with Crippen molar-refractivity contribution in [3.05, 3.63) is 60.5 Å². The van der Waals surface area contributed by atoms with Crippen LogP contribution in [0.4, 0.5) is 4.39 Å². The van der Waals surface area contributed by atoms with Crippen molar-refractivity contribution in [3.8, 4) is 11.1 Å². The maximum absolute atomic E-state index is 13.0. The van der Waals surface area contributed by atoms with Gasteiger partial charge >= 0.3 is 0 Å². The smallest absolute Gasteiger partial charge is 0.275 e. The third-order valence-electron chi connectivity index (χ3n) is 3.97. The van der Waals surface area contributed by atoms with E-state index >= 15 is 0 Å². The number of aromatic nitrogens is 1. The highest BCUT2D eigenvalue weighted by Crippen LogP contribution is 2.33. The Morgan fingerprint density at radius 2 is 1.92 bits per heavy atom. The number of nitrogens with zero attached hydrogens (tertiary/aromatic N) is 3. The average Bonchev–Trinajstić information content (AvgIpc) is 3.35. The minimum Gasteiger partial charge on any atom is -0.307 e. The van der Waals surface area contributed by atoms with E-state index in [4.69, 9.17) is 0 Å². The molecule has 2 aromatic rings. The molecule has 1 aromatic heterocycles. The van der Waals surface area contributed by atoms with Gasteiger partial charge in [0.2, 0.25) is 0 Å². The Balaban J connectivity index is 0.00000182. The van der Waals surface area contributed by atoms with E-state index in [0.29, 0.717) is 11.8 Å². The molecule has 0 bridgehead atoms. The molecule has 1 saturated carbocycles. The molecule has 5 nitrogen and oxygen atoms in total. The Morgan fingerprint density at radius 1 is 1.12 bits per heavy atom. The van der Waals surface area contributed by atoms with E-state index < -0.39 is 0 Å². The number of carbonyl (C=O) groups is 1. The van der Waals surface area contributed by atoms with Crippen LogP contribution in [0.3, 0.4) is 0 Å². The number of nitrogens with one attached hydrogen (secondary N) is 1. The summed E-state index contributed by atoms with van der Waals surface area (Å²) in [5.74, 6) is 0.284. The van der Waals surface area contributed by atoms with Crippen molar-refractivity contribution in [2.75, 3.05) is 0 Å². The fourth-order valence-electron chi connectivity index (χ4n) is 2.51. The van der Waals surface area contributed by atoms with Crippen LogP contribution < -0.4 is 5.32 Å². The molecule has 0 spiro atoms. The van der Waals surface area contributed by atoms with Crippen LogP contribution in [0.15, 0.2) is 52.8 Å². The molecule has 0 atom stereocenters. The van der Waals surface area contributed by atoms with Gasteiger partial charge in [0.05, 0.1) is 12.1 Å². The second-order valence-corrected chi connectivity index (χ2v) is 5.82. The Morgan fingerprint density at radius 3 is 2.67 bits per heavy atom. The van der Waals surface area contributed by atoms with E-state index in [2.05, 4.69) is 20.5 Å². The van der Waals surface area contributed by atoms with Crippen molar-refractivity contribution in [3.63, 3.8) is 0 Å². The van der Waals surface area contributed by atoms with Gasteiger partial charge in [0.15, 0.2) is 0 Å². The van der Waals surface area contributed by atoms with E-state index in [9.17, 15) is 9.18 Å². The summed E-state index contributed by atoms with van der Waals surface area (Å²) in [5, 5.41) is 10.8. The lowest BCUT2D eigenvalue weighted by molar-refractivity contribution is 0.0972. The summed E-state index contributed by atoms with van der Waals surface area (Å²) in [6.07, 6.45) is 5.62. The zero-order valence-electron chi connectivity index (χ0n) is 12.7. The molecule has 1 aliphatic heterocycles. The highest BCUT2D eigenvalue weighted by atomic mass is 19.1. The van der Waals surface area contributed by atoms with Gasteiger partial charge in [0, 0.05) is 7.62 Å². The standard InChI is InChI=1S/C18H14FN4O.H2/c19-14-5-3-11(4-6-14)13-7-8-20-16(9-13)18(24)21-17-10-15(22-23-17)12-1-2-12;/h3-10,12H,1-2H2,(H,21,23,24);1H. The van der Waals surface area contributed by atoms with Crippen LogP contribution in [-0.2, 0) is 0 Å². The molecule has 2 aliphatic rings. The Kier molecular flexibility index (Phi) is 3.65. The molecule has 1 fully saturated rings. The summed E-state index contributed by atoms with van der Waals surface area (Å²) in [6, 6.07) is 9.54. The Bertz CT molecular complexity index is 860. The second kappa shape index (κ2) is 5.96. The molecular weight excluding hydrogens is 307 g/mol. The molecule has 1 N–H and O–H groups in total. The largest absolute Gasteiger partial charge is 0.307 e. The predicted octanol–water partition coefficient (Wildman–Crippen LogP) is 3.25. The predicted molar refractivity (Wildman–Crippen MR) is 91.1 cm³/mol. The monoisotopic (exact) mass is 323 g/mol. The first-order valence-corrected chi connectivity index (χ1v) is 7.73. The summed E-state index contributed by atoms with van der Waals surface area (Å²) in [4.78, 5) is 16.4. The van der Waals surface area contributed by atoms with Crippen molar-refractivity contribution in [1.82, 2.24) is 10.3 Å². The molecule has 2 heterocycles. The molecule has 6 heteroatoms. The molecule has 24 heavy (non-hydrogen) atoms. The Labute approximate surface area is 139 Å². The van der Waals surface area contributed by atoms with Gasteiger partial charge in [0.25, 0.3) is 5.91 Å². The van der Waals surface area contributed by atoms with E-state index in [0.717, 1.165) is 29.7 Å². The highest BCUT2D eigenvalue weighted by Gasteiger charge is 2.31. The van der Waals surface area contributed by atoms with Gasteiger partial charge in [0.1, 0.15) is 17.3 Å². The zero-order chi connectivity index (χ0) is 16.5. The molecule has 4 rings (SSSR count). The lowest BCUT2D eigenvalue weighted by Crippen LogP contribution is -2.31. The fraction of sp³-hybridized carbons (Fsp3) is 0.167. The van der Waals surface area contributed by atoms with Gasteiger partial charge in [-0.2, -0.15) is 5.10 Å². The number of carbonyl (C=O) groups excluding carboxylic acids is 1. The minimum atomic E-state index is -0.346. The first kappa shape index (κ1) is 14.7. The lowest BCUT2D eigenvalue weighted by Gasteiger charge is -2.06. The number of amides is 1. The average molecular weight is 323 g/mol. The topological polar surface area (TPSA) is 66.7 Å². The number of halogens is 1. The number of hydrogen-bond acceptors (Lipinski definition) is 4. The summed E-state index contributed by atoms with van der Waals surface area (Å²) in [5.41, 5.74) is 2.81. The summed E-state index contributed by atoms with van der Waals surface area (Å²) in [6.45, 7) is 0. The lowest BCUT2D eigenvalue weighted by atomic mass is 10.1. The van der Waals surface area contributed by atoms with E-state index in [1.807, 2.05) is 0 Å². The van der Waals surface area contributed by atoms with Gasteiger partial charge < -0.3 is 5.32 Å². The van der Waals surface area contributed by atoms with Crippen molar-refractivity contribution in [1.29, 1.82) is 0 Å². The maximum atomic E-state index is 13.0.